The van der Waals surface area contributed by atoms with Crippen LogP contribution in [0.4, 0.5) is 0 Å². The summed E-state index contributed by atoms with van der Waals surface area (Å²) in [5, 5.41) is 0. The van der Waals surface area contributed by atoms with Gasteiger partial charge in [-0.1, -0.05) is 0 Å². The maximum absolute atomic E-state index is 12.0. The van der Waals surface area contributed by atoms with E-state index in [4.69, 9.17) is 9.15 Å². The Kier molecular flexibility index (Phi) is 4.79. The predicted molar refractivity (Wildman–Crippen MR) is 70.1 cm³/mol. The zero-order valence-electron chi connectivity index (χ0n) is 10.4. The highest BCUT2D eigenvalue weighted by atomic mass is 79.9. The van der Waals surface area contributed by atoms with E-state index in [0.29, 0.717) is 44.1 Å². The minimum atomic E-state index is 0.145. The summed E-state index contributed by atoms with van der Waals surface area (Å²) in [6.07, 6.45) is 0. The van der Waals surface area contributed by atoms with Crippen LogP contribution in [-0.2, 0) is 16.1 Å². The van der Waals surface area contributed by atoms with E-state index in [1.807, 2.05) is 29.0 Å². The SMILES string of the molecule is CN(CC(=O)N1CCOCC1)Cc1ccc(Br)o1. The van der Waals surface area contributed by atoms with Crippen molar-refractivity contribution in [1.82, 2.24) is 9.80 Å². The lowest BCUT2D eigenvalue weighted by molar-refractivity contribution is -0.136. The van der Waals surface area contributed by atoms with Gasteiger partial charge in [-0.25, -0.2) is 0 Å². The summed E-state index contributed by atoms with van der Waals surface area (Å²) >= 11 is 3.26. The third-order valence-electron chi connectivity index (χ3n) is 2.82. The highest BCUT2D eigenvalue weighted by molar-refractivity contribution is 9.10. The lowest BCUT2D eigenvalue weighted by atomic mass is 10.3. The van der Waals surface area contributed by atoms with E-state index >= 15 is 0 Å². The molecule has 100 valence electrons. The Morgan fingerprint density at radius 2 is 2.17 bits per heavy atom. The number of hydrogen-bond acceptors (Lipinski definition) is 4. The van der Waals surface area contributed by atoms with Crippen molar-refractivity contribution < 1.29 is 13.9 Å². The fourth-order valence-corrected chi connectivity index (χ4v) is 2.24. The first kappa shape index (κ1) is 13.6. The van der Waals surface area contributed by atoms with Crippen LogP contribution < -0.4 is 0 Å². The summed E-state index contributed by atoms with van der Waals surface area (Å²) < 4.78 is 11.4. The van der Waals surface area contributed by atoms with E-state index in [1.54, 1.807) is 0 Å². The number of likely N-dealkylation sites (N-methyl/N-ethyl adjacent to an activating group) is 1. The molecule has 0 unspecified atom stereocenters. The molecule has 1 saturated heterocycles. The van der Waals surface area contributed by atoms with Crippen LogP contribution in [0.1, 0.15) is 5.76 Å². The molecule has 0 spiro atoms. The van der Waals surface area contributed by atoms with Crippen molar-refractivity contribution in [2.24, 2.45) is 0 Å². The summed E-state index contributed by atoms with van der Waals surface area (Å²) in [7, 11) is 1.91. The number of carbonyl (C=O) groups is 1. The molecule has 1 aliphatic heterocycles. The van der Waals surface area contributed by atoms with Gasteiger partial charge in [0.25, 0.3) is 0 Å². The van der Waals surface area contributed by atoms with Crippen molar-refractivity contribution in [3.05, 3.63) is 22.6 Å². The third-order valence-corrected chi connectivity index (χ3v) is 3.25. The Bertz CT molecular complexity index is 402. The predicted octanol–water partition coefficient (Wildman–Crippen LogP) is 1.33. The van der Waals surface area contributed by atoms with E-state index in [2.05, 4.69) is 15.9 Å². The maximum atomic E-state index is 12.0. The van der Waals surface area contributed by atoms with Crippen molar-refractivity contribution in [2.45, 2.75) is 6.54 Å². The van der Waals surface area contributed by atoms with E-state index in [0.717, 1.165) is 5.76 Å². The standard InChI is InChI=1S/C12H17BrN2O3/c1-14(8-10-2-3-11(13)18-10)9-12(16)15-4-6-17-7-5-15/h2-3H,4-9H2,1H3. The number of ether oxygens (including phenoxy) is 1. The first-order valence-electron chi connectivity index (χ1n) is 5.93. The Labute approximate surface area is 115 Å². The van der Waals surface area contributed by atoms with Gasteiger partial charge in [-0.15, -0.1) is 0 Å². The van der Waals surface area contributed by atoms with Gasteiger partial charge in [0.2, 0.25) is 5.91 Å². The number of halogens is 1. The van der Waals surface area contributed by atoms with Crippen LogP contribution >= 0.6 is 15.9 Å². The second kappa shape index (κ2) is 6.36. The van der Waals surface area contributed by atoms with Gasteiger partial charge in [0, 0.05) is 13.1 Å². The van der Waals surface area contributed by atoms with Gasteiger partial charge in [0.15, 0.2) is 4.67 Å². The van der Waals surface area contributed by atoms with Crippen LogP contribution in [0.25, 0.3) is 0 Å². The topological polar surface area (TPSA) is 45.9 Å². The highest BCUT2D eigenvalue weighted by Crippen LogP contribution is 2.15. The van der Waals surface area contributed by atoms with Crippen LogP contribution in [0.2, 0.25) is 0 Å². The Morgan fingerprint density at radius 3 is 2.78 bits per heavy atom. The van der Waals surface area contributed by atoms with Gasteiger partial charge >= 0.3 is 0 Å². The lowest BCUT2D eigenvalue weighted by Gasteiger charge is -2.28. The molecule has 1 fully saturated rings. The molecule has 0 atom stereocenters. The molecular weight excluding hydrogens is 300 g/mol. The van der Waals surface area contributed by atoms with Crippen molar-refractivity contribution in [3.8, 4) is 0 Å². The Balaban J connectivity index is 1.79. The zero-order chi connectivity index (χ0) is 13.0. The first-order valence-corrected chi connectivity index (χ1v) is 6.73. The number of furan rings is 1. The van der Waals surface area contributed by atoms with Crippen molar-refractivity contribution >= 4 is 21.8 Å². The summed E-state index contributed by atoms with van der Waals surface area (Å²) in [4.78, 5) is 15.8. The number of hydrogen-bond donors (Lipinski definition) is 0. The van der Waals surface area contributed by atoms with Gasteiger partial charge in [-0.05, 0) is 35.1 Å². The van der Waals surface area contributed by atoms with Gasteiger partial charge < -0.3 is 14.1 Å². The molecule has 1 aromatic heterocycles. The molecule has 1 amide bonds. The molecular formula is C12H17BrN2O3. The molecule has 2 rings (SSSR count). The monoisotopic (exact) mass is 316 g/mol. The number of rotatable bonds is 4. The lowest BCUT2D eigenvalue weighted by Crippen LogP contribution is -2.44. The van der Waals surface area contributed by atoms with Gasteiger partial charge in [-0.3, -0.25) is 9.69 Å². The minimum Gasteiger partial charge on any atom is -0.453 e. The highest BCUT2D eigenvalue weighted by Gasteiger charge is 2.18. The smallest absolute Gasteiger partial charge is 0.236 e. The molecule has 2 heterocycles. The maximum Gasteiger partial charge on any atom is 0.236 e. The van der Waals surface area contributed by atoms with E-state index < -0.39 is 0 Å². The zero-order valence-corrected chi connectivity index (χ0v) is 12.0. The van der Waals surface area contributed by atoms with Crippen molar-refractivity contribution in [2.75, 3.05) is 39.9 Å². The molecule has 1 aliphatic rings. The van der Waals surface area contributed by atoms with Gasteiger partial charge in [0.1, 0.15) is 5.76 Å². The number of morpholine rings is 1. The fourth-order valence-electron chi connectivity index (χ4n) is 1.90. The van der Waals surface area contributed by atoms with Crippen LogP contribution in [-0.4, -0.2) is 55.6 Å². The Morgan fingerprint density at radius 1 is 1.44 bits per heavy atom. The second-order valence-electron chi connectivity index (χ2n) is 4.37. The molecule has 0 aromatic carbocycles. The third kappa shape index (κ3) is 3.83. The molecule has 0 N–H and O–H groups in total. The van der Waals surface area contributed by atoms with E-state index in [9.17, 15) is 4.79 Å². The van der Waals surface area contributed by atoms with Crippen molar-refractivity contribution in [1.29, 1.82) is 0 Å². The van der Waals surface area contributed by atoms with Crippen LogP contribution in [0.3, 0.4) is 0 Å². The van der Waals surface area contributed by atoms with Crippen LogP contribution in [0.5, 0.6) is 0 Å². The van der Waals surface area contributed by atoms with Crippen LogP contribution in [0, 0.1) is 0 Å². The quantitative estimate of drug-likeness (QED) is 0.841. The summed E-state index contributed by atoms with van der Waals surface area (Å²) in [6, 6.07) is 3.76. The first-order chi connectivity index (χ1) is 8.65. The Hall–Kier alpha value is -0.850. The van der Waals surface area contributed by atoms with Crippen LogP contribution in [0.15, 0.2) is 21.2 Å². The molecule has 6 heteroatoms. The average molecular weight is 317 g/mol. The molecule has 1 aromatic rings. The minimum absolute atomic E-state index is 0.145. The van der Waals surface area contributed by atoms with Gasteiger partial charge in [0.05, 0.1) is 26.3 Å². The van der Waals surface area contributed by atoms with Crippen molar-refractivity contribution in [3.63, 3.8) is 0 Å². The number of nitrogens with zero attached hydrogens (tertiary/aromatic N) is 2. The molecule has 0 bridgehead atoms. The average Bonchev–Trinajstić information content (AvgIpc) is 2.75. The normalized spacial score (nSPS) is 16.3. The number of amides is 1. The summed E-state index contributed by atoms with van der Waals surface area (Å²) in [6.45, 7) is 3.69. The summed E-state index contributed by atoms with van der Waals surface area (Å²) in [5.74, 6) is 0.991. The fraction of sp³-hybridized carbons (Fsp3) is 0.583. The van der Waals surface area contributed by atoms with E-state index in [-0.39, 0.29) is 5.91 Å². The number of carbonyl (C=O) groups excluding carboxylic acids is 1. The second-order valence-corrected chi connectivity index (χ2v) is 5.15. The largest absolute Gasteiger partial charge is 0.453 e. The summed E-state index contributed by atoms with van der Waals surface area (Å²) in [5.41, 5.74) is 0. The molecule has 0 aliphatic carbocycles. The molecule has 18 heavy (non-hydrogen) atoms. The molecule has 0 radical (unpaired) electrons. The van der Waals surface area contributed by atoms with Gasteiger partial charge in [-0.2, -0.15) is 0 Å². The molecule has 5 nitrogen and oxygen atoms in total. The van der Waals surface area contributed by atoms with E-state index in [1.165, 1.54) is 0 Å². The molecule has 0 saturated carbocycles.